The molecule has 0 spiro atoms. The average Bonchev–Trinajstić information content (AvgIpc) is 2.41. The van der Waals surface area contributed by atoms with Crippen LogP contribution < -0.4 is 10.6 Å². The normalized spacial score (nSPS) is 18.2. The summed E-state index contributed by atoms with van der Waals surface area (Å²) in [5.41, 5.74) is -0.354. The quantitative estimate of drug-likeness (QED) is 0.428. The van der Waals surface area contributed by atoms with Gasteiger partial charge in [-0.15, -0.1) is 0 Å². The number of nitrogens with zero attached hydrogens (tertiary/aromatic N) is 1. The van der Waals surface area contributed by atoms with E-state index in [9.17, 15) is 24.8 Å². The standard InChI is InChI=1S/C12H13N3O5/c16-8-2-3-9(10(5-8)15(19)20)14-12(18)7-1-4-11(17)13-6-7/h2-3,5,7,16H,1,4,6H2,(H,13,17)(H,14,18). The summed E-state index contributed by atoms with van der Waals surface area (Å²) in [5.74, 6) is -1.16. The highest BCUT2D eigenvalue weighted by Crippen LogP contribution is 2.29. The van der Waals surface area contributed by atoms with Crippen LogP contribution in [0.3, 0.4) is 0 Å². The molecule has 2 rings (SSSR count). The van der Waals surface area contributed by atoms with E-state index in [-0.39, 0.29) is 36.0 Å². The number of nitro benzene ring substituents is 1. The smallest absolute Gasteiger partial charge is 0.296 e. The molecule has 1 aliphatic rings. The highest BCUT2D eigenvalue weighted by atomic mass is 16.6. The van der Waals surface area contributed by atoms with Gasteiger partial charge in [0.15, 0.2) is 0 Å². The van der Waals surface area contributed by atoms with Gasteiger partial charge >= 0.3 is 0 Å². The Morgan fingerprint density at radius 2 is 2.25 bits per heavy atom. The molecule has 1 fully saturated rings. The van der Waals surface area contributed by atoms with Crippen LogP contribution in [0, 0.1) is 16.0 Å². The first-order chi connectivity index (χ1) is 9.47. The van der Waals surface area contributed by atoms with Crippen molar-refractivity contribution >= 4 is 23.2 Å². The summed E-state index contributed by atoms with van der Waals surface area (Å²) in [6.07, 6.45) is 0.666. The van der Waals surface area contributed by atoms with E-state index in [2.05, 4.69) is 10.6 Å². The molecule has 1 saturated heterocycles. The summed E-state index contributed by atoms with van der Waals surface area (Å²) in [5, 5.41) is 25.1. The number of piperidine rings is 1. The van der Waals surface area contributed by atoms with E-state index in [1.54, 1.807) is 0 Å². The summed E-state index contributed by atoms with van der Waals surface area (Å²) < 4.78 is 0. The fourth-order valence-corrected chi connectivity index (χ4v) is 1.97. The molecule has 1 aliphatic heterocycles. The maximum atomic E-state index is 12.0. The Morgan fingerprint density at radius 1 is 1.50 bits per heavy atom. The summed E-state index contributed by atoms with van der Waals surface area (Å²) in [4.78, 5) is 33.2. The van der Waals surface area contributed by atoms with E-state index in [4.69, 9.17) is 0 Å². The fraction of sp³-hybridized carbons (Fsp3) is 0.333. The summed E-state index contributed by atoms with van der Waals surface area (Å²) in [6.45, 7) is 0.219. The zero-order valence-electron chi connectivity index (χ0n) is 10.5. The molecule has 2 amide bonds. The van der Waals surface area contributed by atoms with E-state index in [0.717, 1.165) is 6.07 Å². The number of hydrogen-bond donors (Lipinski definition) is 3. The zero-order valence-corrected chi connectivity index (χ0v) is 10.5. The van der Waals surface area contributed by atoms with Crippen molar-refractivity contribution in [2.45, 2.75) is 12.8 Å². The molecule has 106 valence electrons. The number of benzene rings is 1. The molecule has 3 N–H and O–H groups in total. The van der Waals surface area contributed by atoms with Gasteiger partial charge in [-0.2, -0.15) is 0 Å². The van der Waals surface area contributed by atoms with Gasteiger partial charge in [0.2, 0.25) is 11.8 Å². The van der Waals surface area contributed by atoms with Crippen LogP contribution in [0.5, 0.6) is 5.75 Å². The number of aromatic hydroxyl groups is 1. The van der Waals surface area contributed by atoms with Gasteiger partial charge in [-0.05, 0) is 18.6 Å². The highest BCUT2D eigenvalue weighted by molar-refractivity contribution is 5.96. The first kappa shape index (κ1) is 13.8. The molecule has 0 radical (unpaired) electrons. The second kappa shape index (κ2) is 5.55. The molecule has 8 heteroatoms. The lowest BCUT2D eigenvalue weighted by molar-refractivity contribution is -0.384. The Labute approximate surface area is 113 Å². The first-order valence-electron chi connectivity index (χ1n) is 6.02. The number of carbonyl (C=O) groups excluding carboxylic acids is 2. The number of phenols is 1. The van der Waals surface area contributed by atoms with Crippen LogP contribution in [-0.4, -0.2) is 28.4 Å². The molecule has 0 aliphatic carbocycles. The Bertz CT molecular complexity index is 562. The lowest BCUT2D eigenvalue weighted by atomic mass is 9.98. The van der Waals surface area contributed by atoms with Gasteiger partial charge in [-0.25, -0.2) is 0 Å². The summed E-state index contributed by atoms with van der Waals surface area (Å²) in [7, 11) is 0. The van der Waals surface area contributed by atoms with Crippen molar-refractivity contribution in [3.8, 4) is 5.75 Å². The second-order valence-electron chi connectivity index (χ2n) is 4.49. The van der Waals surface area contributed by atoms with E-state index in [1.807, 2.05) is 0 Å². The third kappa shape index (κ3) is 3.02. The fourth-order valence-electron chi connectivity index (χ4n) is 1.97. The van der Waals surface area contributed by atoms with Gasteiger partial charge in [-0.1, -0.05) is 0 Å². The molecule has 1 atom stereocenters. The number of phenolic OH excluding ortho intramolecular Hbond substituents is 1. The van der Waals surface area contributed by atoms with Crippen molar-refractivity contribution in [3.63, 3.8) is 0 Å². The molecule has 1 aromatic carbocycles. The molecular weight excluding hydrogens is 266 g/mol. The minimum absolute atomic E-state index is 0.0229. The highest BCUT2D eigenvalue weighted by Gasteiger charge is 2.26. The van der Waals surface area contributed by atoms with Gasteiger partial charge in [-0.3, -0.25) is 19.7 Å². The molecule has 1 unspecified atom stereocenters. The minimum Gasteiger partial charge on any atom is -0.508 e. The van der Waals surface area contributed by atoms with Gasteiger partial charge in [0, 0.05) is 13.0 Å². The number of nitro groups is 1. The zero-order chi connectivity index (χ0) is 14.7. The monoisotopic (exact) mass is 279 g/mol. The molecule has 0 aromatic heterocycles. The molecule has 0 saturated carbocycles. The lowest BCUT2D eigenvalue weighted by Gasteiger charge is -2.21. The molecule has 1 heterocycles. The Kier molecular flexibility index (Phi) is 3.83. The molecule has 0 bridgehead atoms. The lowest BCUT2D eigenvalue weighted by Crippen LogP contribution is -2.40. The largest absolute Gasteiger partial charge is 0.508 e. The van der Waals surface area contributed by atoms with E-state index >= 15 is 0 Å². The molecular formula is C12H13N3O5. The van der Waals surface area contributed by atoms with Crippen LogP contribution in [0.25, 0.3) is 0 Å². The summed E-state index contributed by atoms with van der Waals surface area (Å²) >= 11 is 0. The Balaban J connectivity index is 2.11. The van der Waals surface area contributed by atoms with Gasteiger partial charge in [0.1, 0.15) is 11.4 Å². The van der Waals surface area contributed by atoms with Gasteiger partial charge < -0.3 is 15.7 Å². The number of amides is 2. The van der Waals surface area contributed by atoms with Crippen molar-refractivity contribution in [1.82, 2.24) is 5.32 Å². The van der Waals surface area contributed by atoms with E-state index in [0.29, 0.717) is 6.42 Å². The maximum Gasteiger partial charge on any atom is 0.296 e. The van der Waals surface area contributed by atoms with Crippen LogP contribution in [-0.2, 0) is 9.59 Å². The SMILES string of the molecule is O=C1CCC(C(=O)Nc2ccc(O)cc2[N+](=O)[O-])CN1. The number of rotatable bonds is 3. The van der Waals surface area contributed by atoms with Crippen LogP contribution in [0.1, 0.15) is 12.8 Å². The van der Waals surface area contributed by atoms with Crippen molar-refractivity contribution < 1.29 is 19.6 Å². The van der Waals surface area contributed by atoms with Crippen LogP contribution in [0.4, 0.5) is 11.4 Å². The van der Waals surface area contributed by atoms with Crippen molar-refractivity contribution in [2.75, 3.05) is 11.9 Å². The van der Waals surface area contributed by atoms with Gasteiger partial charge in [0.25, 0.3) is 5.69 Å². The average molecular weight is 279 g/mol. The van der Waals surface area contributed by atoms with Crippen molar-refractivity contribution in [2.24, 2.45) is 5.92 Å². The van der Waals surface area contributed by atoms with E-state index in [1.165, 1.54) is 12.1 Å². The third-order valence-electron chi connectivity index (χ3n) is 3.07. The predicted molar refractivity (Wildman–Crippen MR) is 69.1 cm³/mol. The second-order valence-corrected chi connectivity index (χ2v) is 4.49. The van der Waals surface area contributed by atoms with Crippen LogP contribution in [0.2, 0.25) is 0 Å². The Hall–Kier alpha value is -2.64. The van der Waals surface area contributed by atoms with Crippen LogP contribution >= 0.6 is 0 Å². The molecule has 8 nitrogen and oxygen atoms in total. The first-order valence-corrected chi connectivity index (χ1v) is 6.02. The van der Waals surface area contributed by atoms with Crippen molar-refractivity contribution in [3.05, 3.63) is 28.3 Å². The minimum atomic E-state index is -0.683. The Morgan fingerprint density at radius 3 is 2.85 bits per heavy atom. The number of carbonyl (C=O) groups is 2. The summed E-state index contributed by atoms with van der Waals surface area (Å²) in [6, 6.07) is 3.50. The number of nitrogens with one attached hydrogen (secondary N) is 2. The number of anilines is 1. The predicted octanol–water partition coefficient (Wildman–Crippen LogP) is 0.765. The topological polar surface area (TPSA) is 122 Å². The van der Waals surface area contributed by atoms with E-state index < -0.39 is 16.7 Å². The van der Waals surface area contributed by atoms with Crippen LogP contribution in [0.15, 0.2) is 18.2 Å². The van der Waals surface area contributed by atoms with Gasteiger partial charge in [0.05, 0.1) is 16.9 Å². The third-order valence-corrected chi connectivity index (χ3v) is 3.07. The molecule has 20 heavy (non-hydrogen) atoms. The number of hydrogen-bond acceptors (Lipinski definition) is 5. The van der Waals surface area contributed by atoms with Crippen molar-refractivity contribution in [1.29, 1.82) is 0 Å². The molecule has 1 aromatic rings. The maximum absolute atomic E-state index is 12.0.